The molecule has 2 amide bonds. The van der Waals surface area contributed by atoms with Crippen LogP contribution in [0.3, 0.4) is 0 Å². The lowest BCUT2D eigenvalue weighted by molar-refractivity contribution is -0.123. The molecular formula is C19H17NO3S2. The zero-order chi connectivity index (χ0) is 17.6. The first-order valence-corrected chi connectivity index (χ1v) is 9.79. The molecule has 0 saturated carbocycles. The van der Waals surface area contributed by atoms with E-state index in [1.165, 1.54) is 4.90 Å². The average molecular weight is 371 g/mol. The van der Waals surface area contributed by atoms with Gasteiger partial charge in [-0.15, -0.1) is 11.8 Å². The Balaban J connectivity index is 1.62. The van der Waals surface area contributed by atoms with Crippen LogP contribution in [0.25, 0.3) is 6.08 Å². The number of hydrogen-bond acceptors (Lipinski definition) is 5. The molecule has 0 N–H and O–H groups in total. The van der Waals surface area contributed by atoms with Crippen molar-refractivity contribution in [3.05, 3.63) is 65.1 Å². The van der Waals surface area contributed by atoms with Crippen LogP contribution in [0.4, 0.5) is 4.79 Å². The normalized spacial score (nSPS) is 15.9. The number of carbonyl (C=O) groups excluding carboxylic acids is 2. The molecule has 1 aliphatic heterocycles. The highest BCUT2D eigenvalue weighted by atomic mass is 32.2. The van der Waals surface area contributed by atoms with Crippen LogP contribution >= 0.6 is 23.5 Å². The van der Waals surface area contributed by atoms with Gasteiger partial charge in [0.25, 0.3) is 11.1 Å². The monoisotopic (exact) mass is 371 g/mol. The third-order valence-corrected chi connectivity index (χ3v) is 5.26. The number of benzene rings is 2. The molecule has 1 heterocycles. The zero-order valence-corrected chi connectivity index (χ0v) is 15.3. The fraction of sp³-hybridized carbons (Fsp3) is 0.158. The van der Waals surface area contributed by atoms with Crippen molar-refractivity contribution >= 4 is 40.7 Å². The van der Waals surface area contributed by atoms with E-state index < -0.39 is 0 Å². The molecule has 2 aromatic carbocycles. The van der Waals surface area contributed by atoms with Gasteiger partial charge in [0.1, 0.15) is 12.4 Å². The molecule has 0 aliphatic carbocycles. The molecule has 25 heavy (non-hydrogen) atoms. The van der Waals surface area contributed by atoms with E-state index in [0.29, 0.717) is 4.91 Å². The fourth-order valence-electron chi connectivity index (χ4n) is 2.32. The predicted octanol–water partition coefficient (Wildman–Crippen LogP) is 4.52. The Morgan fingerprint density at radius 3 is 2.48 bits per heavy atom. The number of rotatable bonds is 6. The summed E-state index contributed by atoms with van der Waals surface area (Å²) in [6.07, 6.45) is 3.77. The number of thioether (sulfide) groups is 2. The molecule has 1 fully saturated rings. The third-order valence-electron chi connectivity index (χ3n) is 3.61. The molecule has 4 nitrogen and oxygen atoms in total. The van der Waals surface area contributed by atoms with Gasteiger partial charge in [0, 0.05) is 4.90 Å². The predicted molar refractivity (Wildman–Crippen MR) is 103 cm³/mol. The maximum absolute atomic E-state index is 12.4. The molecule has 2 aromatic rings. The smallest absolute Gasteiger partial charge is 0.293 e. The summed E-state index contributed by atoms with van der Waals surface area (Å²) < 4.78 is 5.57. The highest BCUT2D eigenvalue weighted by Crippen LogP contribution is 2.32. The van der Waals surface area contributed by atoms with Gasteiger partial charge in [-0.2, -0.15) is 0 Å². The number of imide groups is 1. The molecule has 0 radical (unpaired) electrons. The van der Waals surface area contributed by atoms with Gasteiger partial charge in [0.15, 0.2) is 0 Å². The van der Waals surface area contributed by atoms with E-state index in [0.717, 1.165) is 28.0 Å². The Bertz CT molecular complexity index is 788. The van der Waals surface area contributed by atoms with Crippen LogP contribution in [0.5, 0.6) is 5.75 Å². The van der Waals surface area contributed by atoms with Crippen molar-refractivity contribution in [2.75, 3.05) is 19.4 Å². The van der Waals surface area contributed by atoms with E-state index in [9.17, 15) is 9.59 Å². The summed E-state index contributed by atoms with van der Waals surface area (Å²) in [6.45, 7) is 0.514. The van der Waals surface area contributed by atoms with Crippen LogP contribution in [0, 0.1) is 0 Å². The maximum Gasteiger partial charge on any atom is 0.293 e. The first-order valence-electron chi connectivity index (χ1n) is 7.74. The summed E-state index contributed by atoms with van der Waals surface area (Å²) in [5.41, 5.74) is 0.906. The molecule has 0 spiro atoms. The van der Waals surface area contributed by atoms with Gasteiger partial charge in [0.2, 0.25) is 0 Å². The number of ether oxygens (including phenoxy) is 1. The van der Waals surface area contributed by atoms with Gasteiger partial charge in [-0.25, -0.2) is 0 Å². The van der Waals surface area contributed by atoms with Crippen molar-refractivity contribution in [3.8, 4) is 5.75 Å². The highest BCUT2D eigenvalue weighted by molar-refractivity contribution is 8.18. The molecule has 0 aromatic heterocycles. The van der Waals surface area contributed by atoms with Gasteiger partial charge in [-0.3, -0.25) is 14.5 Å². The molecule has 6 heteroatoms. The van der Waals surface area contributed by atoms with Gasteiger partial charge >= 0.3 is 0 Å². The van der Waals surface area contributed by atoms with E-state index in [4.69, 9.17) is 4.74 Å². The van der Waals surface area contributed by atoms with Crippen molar-refractivity contribution in [1.82, 2.24) is 4.90 Å². The first-order chi connectivity index (χ1) is 12.2. The minimum Gasteiger partial charge on any atom is -0.492 e. The van der Waals surface area contributed by atoms with Gasteiger partial charge in [-0.05, 0) is 53.9 Å². The first kappa shape index (κ1) is 17.6. The lowest BCUT2D eigenvalue weighted by Gasteiger charge is -2.13. The summed E-state index contributed by atoms with van der Waals surface area (Å²) in [6, 6.07) is 17.2. The van der Waals surface area contributed by atoms with E-state index in [2.05, 4.69) is 0 Å². The molecule has 3 rings (SSSR count). The van der Waals surface area contributed by atoms with E-state index in [1.54, 1.807) is 17.8 Å². The van der Waals surface area contributed by atoms with Gasteiger partial charge in [0.05, 0.1) is 11.4 Å². The number of carbonyl (C=O) groups is 2. The molecule has 1 saturated heterocycles. The van der Waals surface area contributed by atoms with Crippen molar-refractivity contribution in [3.63, 3.8) is 0 Å². The summed E-state index contributed by atoms with van der Waals surface area (Å²) in [5.74, 6) is 0.458. The van der Waals surface area contributed by atoms with Crippen LogP contribution in [0.15, 0.2) is 64.4 Å². The van der Waals surface area contributed by atoms with Gasteiger partial charge in [-0.1, -0.05) is 30.3 Å². The second-order valence-corrected chi connectivity index (χ2v) is 7.14. The second kappa shape index (κ2) is 8.27. The minimum atomic E-state index is -0.263. The molecule has 1 aliphatic rings. The Morgan fingerprint density at radius 2 is 1.80 bits per heavy atom. The summed E-state index contributed by atoms with van der Waals surface area (Å²) >= 11 is 2.63. The third kappa shape index (κ3) is 4.46. The van der Waals surface area contributed by atoms with E-state index in [1.807, 2.05) is 60.9 Å². The quantitative estimate of drug-likeness (QED) is 0.552. The number of nitrogens with zero attached hydrogens (tertiary/aromatic N) is 1. The van der Waals surface area contributed by atoms with Crippen molar-refractivity contribution < 1.29 is 14.3 Å². The van der Waals surface area contributed by atoms with E-state index in [-0.39, 0.29) is 24.3 Å². The number of para-hydroxylation sites is 1. The van der Waals surface area contributed by atoms with Crippen LogP contribution in [0.1, 0.15) is 5.56 Å². The number of amides is 2. The molecule has 128 valence electrons. The summed E-state index contributed by atoms with van der Waals surface area (Å²) in [4.78, 5) is 27.4. The summed E-state index contributed by atoms with van der Waals surface area (Å²) in [5, 5.41) is -0.256. The zero-order valence-electron chi connectivity index (χ0n) is 13.7. The lowest BCUT2D eigenvalue weighted by Crippen LogP contribution is -2.32. The van der Waals surface area contributed by atoms with Crippen molar-refractivity contribution in [1.29, 1.82) is 0 Å². The maximum atomic E-state index is 12.4. The van der Waals surface area contributed by atoms with Gasteiger partial charge < -0.3 is 4.74 Å². The lowest BCUT2D eigenvalue weighted by atomic mass is 10.2. The second-order valence-electron chi connectivity index (χ2n) is 5.27. The van der Waals surface area contributed by atoms with Crippen LogP contribution in [-0.2, 0) is 4.79 Å². The Morgan fingerprint density at radius 1 is 1.08 bits per heavy atom. The molecular weight excluding hydrogens is 354 g/mol. The summed E-state index contributed by atoms with van der Waals surface area (Å²) in [7, 11) is 0. The highest BCUT2D eigenvalue weighted by Gasteiger charge is 2.34. The standard InChI is InChI=1S/C19H17NO3S2/c1-24-16-9-7-14(8-10-16)13-17-18(21)20(19(22)25-17)11-12-23-15-5-3-2-4-6-15/h2-10,13H,11-12H2,1H3/b17-13+. The SMILES string of the molecule is CSc1ccc(/C=C2/SC(=O)N(CCOc3ccccc3)C2=O)cc1. The topological polar surface area (TPSA) is 46.6 Å². The fourth-order valence-corrected chi connectivity index (χ4v) is 3.59. The van der Waals surface area contributed by atoms with Crippen LogP contribution < -0.4 is 4.74 Å². The number of hydrogen-bond donors (Lipinski definition) is 0. The molecule has 0 atom stereocenters. The molecule has 0 bridgehead atoms. The minimum absolute atomic E-state index is 0.238. The van der Waals surface area contributed by atoms with Crippen molar-refractivity contribution in [2.45, 2.75) is 4.90 Å². The Labute approximate surface area is 155 Å². The van der Waals surface area contributed by atoms with Crippen LogP contribution in [0.2, 0.25) is 0 Å². The largest absolute Gasteiger partial charge is 0.492 e. The van der Waals surface area contributed by atoms with E-state index >= 15 is 0 Å². The Hall–Kier alpha value is -2.18. The van der Waals surface area contributed by atoms with Crippen molar-refractivity contribution in [2.24, 2.45) is 0 Å². The van der Waals surface area contributed by atoms with Crippen LogP contribution in [-0.4, -0.2) is 35.5 Å². The molecule has 0 unspecified atom stereocenters. The Kier molecular flexibility index (Phi) is 5.83. The average Bonchev–Trinajstić information content (AvgIpc) is 2.90.